The van der Waals surface area contributed by atoms with Gasteiger partial charge in [0.15, 0.2) is 5.82 Å². The van der Waals surface area contributed by atoms with Gasteiger partial charge in [-0.05, 0) is 36.6 Å². The number of benzene rings is 1. The Labute approximate surface area is 145 Å². The quantitative estimate of drug-likeness (QED) is 0.774. The molecule has 2 heterocycles. The number of fused-ring (bicyclic) bond motifs is 1. The van der Waals surface area contributed by atoms with Gasteiger partial charge < -0.3 is 9.47 Å². The number of aryl methyl sites for hydroxylation is 1. The van der Waals surface area contributed by atoms with Crippen molar-refractivity contribution >= 4 is 5.91 Å². The molecule has 0 bridgehead atoms. The molecule has 10 heteroatoms. The Morgan fingerprint density at radius 3 is 2.65 bits per heavy atom. The zero-order chi connectivity index (χ0) is 18.9. The summed E-state index contributed by atoms with van der Waals surface area (Å²) in [7, 11) is 0. The van der Waals surface area contributed by atoms with Crippen LogP contribution in [0, 0.1) is 11.6 Å². The number of carbonyl (C=O) groups excluding carboxylic acids is 1. The first-order chi connectivity index (χ1) is 12.3. The van der Waals surface area contributed by atoms with Crippen molar-refractivity contribution in [3.05, 3.63) is 47.0 Å². The molecule has 0 saturated carbocycles. The van der Waals surface area contributed by atoms with Crippen LogP contribution in [0.1, 0.15) is 30.1 Å². The van der Waals surface area contributed by atoms with Gasteiger partial charge >= 0.3 is 6.18 Å². The lowest BCUT2D eigenvalue weighted by Gasteiger charge is -2.28. The van der Waals surface area contributed by atoms with Gasteiger partial charge in [0.05, 0.1) is 6.54 Å². The first-order valence-corrected chi connectivity index (χ1v) is 7.96. The van der Waals surface area contributed by atoms with Gasteiger partial charge in [-0.2, -0.15) is 13.2 Å². The van der Waals surface area contributed by atoms with Crippen molar-refractivity contribution in [3.63, 3.8) is 0 Å². The molecule has 0 aliphatic carbocycles. The van der Waals surface area contributed by atoms with Gasteiger partial charge in [0.25, 0.3) is 0 Å². The molecule has 140 valence electrons. The highest BCUT2D eigenvalue weighted by atomic mass is 19.4. The topological polar surface area (TPSA) is 51.0 Å². The third kappa shape index (κ3) is 3.83. The van der Waals surface area contributed by atoms with Gasteiger partial charge in [0, 0.05) is 19.5 Å². The second-order valence-electron chi connectivity index (χ2n) is 5.99. The highest BCUT2D eigenvalue weighted by Gasteiger charge is 2.39. The third-order valence-electron chi connectivity index (χ3n) is 4.20. The number of hydrogen-bond acceptors (Lipinski definition) is 3. The molecule has 3 rings (SSSR count). The molecular weight excluding hydrogens is 359 g/mol. The van der Waals surface area contributed by atoms with E-state index >= 15 is 0 Å². The molecule has 0 N–H and O–H groups in total. The summed E-state index contributed by atoms with van der Waals surface area (Å²) in [4.78, 5) is 13.6. The fourth-order valence-electron chi connectivity index (χ4n) is 2.90. The summed E-state index contributed by atoms with van der Waals surface area (Å²) in [6, 6.07) is 3.13. The maximum absolute atomic E-state index is 13.5. The molecular formula is C16H15F5N4O. The molecule has 0 atom stereocenters. The predicted molar refractivity (Wildman–Crippen MR) is 79.7 cm³/mol. The summed E-state index contributed by atoms with van der Waals surface area (Å²) in [5.74, 6) is -2.35. The number of hydrogen-bond donors (Lipinski definition) is 0. The van der Waals surface area contributed by atoms with Crippen molar-refractivity contribution in [2.24, 2.45) is 0 Å². The summed E-state index contributed by atoms with van der Waals surface area (Å²) in [6.45, 7) is 0.0129. The van der Waals surface area contributed by atoms with E-state index in [4.69, 9.17) is 0 Å². The molecule has 26 heavy (non-hydrogen) atoms. The summed E-state index contributed by atoms with van der Waals surface area (Å²) in [6.07, 6.45) is -4.02. The maximum Gasteiger partial charge on any atom is 0.451 e. The minimum Gasteiger partial charge on any atom is -0.333 e. The van der Waals surface area contributed by atoms with Crippen molar-refractivity contribution < 1.29 is 26.7 Å². The molecule has 0 fully saturated rings. The molecule has 0 radical (unpaired) electrons. The monoisotopic (exact) mass is 374 g/mol. The van der Waals surface area contributed by atoms with E-state index in [1.807, 2.05) is 0 Å². The Balaban J connectivity index is 1.57. The minimum atomic E-state index is -4.59. The molecule has 1 amide bonds. The average Bonchev–Trinajstić information content (AvgIpc) is 3.01. The van der Waals surface area contributed by atoms with Crippen LogP contribution in [0.15, 0.2) is 18.2 Å². The molecule has 2 aromatic rings. The molecule has 5 nitrogen and oxygen atoms in total. The molecule has 1 aliphatic rings. The number of alkyl halides is 3. The SMILES string of the molecule is O=C(CCCc1cc(F)ccc1F)N1CCn2c(nnc2C(F)(F)F)C1. The fourth-order valence-corrected chi connectivity index (χ4v) is 2.90. The summed E-state index contributed by atoms with van der Waals surface area (Å²) < 4.78 is 66.0. The summed E-state index contributed by atoms with van der Waals surface area (Å²) in [5.41, 5.74) is 0.186. The molecule has 0 unspecified atom stereocenters. The van der Waals surface area contributed by atoms with Gasteiger partial charge in [-0.25, -0.2) is 8.78 Å². The van der Waals surface area contributed by atoms with Crippen LogP contribution in [-0.2, 0) is 30.5 Å². The first kappa shape index (κ1) is 18.3. The summed E-state index contributed by atoms with van der Waals surface area (Å²) >= 11 is 0. The Hall–Kier alpha value is -2.52. The van der Waals surface area contributed by atoms with Crippen LogP contribution in [0.2, 0.25) is 0 Å². The number of halogens is 5. The van der Waals surface area contributed by atoms with E-state index in [2.05, 4.69) is 10.2 Å². The van der Waals surface area contributed by atoms with Gasteiger partial charge in [0.2, 0.25) is 11.7 Å². The highest BCUT2D eigenvalue weighted by Crippen LogP contribution is 2.29. The standard InChI is InChI=1S/C16H15F5N4O/c17-11-4-5-12(18)10(8-11)2-1-3-14(26)24-6-7-25-13(9-24)22-23-15(25)16(19,20)21/h4-5,8H,1-3,6-7,9H2. The molecule has 1 aromatic carbocycles. The fraction of sp³-hybridized carbons (Fsp3) is 0.438. The largest absolute Gasteiger partial charge is 0.451 e. The zero-order valence-electron chi connectivity index (χ0n) is 13.6. The van der Waals surface area contributed by atoms with Gasteiger partial charge in [-0.3, -0.25) is 4.79 Å². The molecule has 0 spiro atoms. The van der Waals surface area contributed by atoms with Crippen LogP contribution in [0.4, 0.5) is 22.0 Å². The van der Waals surface area contributed by atoms with Crippen molar-refractivity contribution in [2.75, 3.05) is 6.54 Å². The second-order valence-corrected chi connectivity index (χ2v) is 5.99. The number of aromatic nitrogens is 3. The van der Waals surface area contributed by atoms with E-state index in [-0.39, 0.29) is 49.8 Å². The average molecular weight is 374 g/mol. The number of rotatable bonds is 4. The van der Waals surface area contributed by atoms with Crippen molar-refractivity contribution in [1.82, 2.24) is 19.7 Å². The zero-order valence-corrected chi connectivity index (χ0v) is 13.6. The molecule has 1 aliphatic heterocycles. The molecule has 0 saturated heterocycles. The lowest BCUT2D eigenvalue weighted by molar-refractivity contribution is -0.148. The predicted octanol–water partition coefficient (Wildman–Crippen LogP) is 2.94. The van der Waals surface area contributed by atoms with Crippen LogP contribution in [0.5, 0.6) is 0 Å². The normalized spacial score (nSPS) is 14.4. The Kier molecular flexibility index (Phi) is 4.92. The van der Waals surface area contributed by atoms with Crippen molar-refractivity contribution in [3.8, 4) is 0 Å². The van der Waals surface area contributed by atoms with E-state index in [1.165, 1.54) is 4.90 Å². The lowest BCUT2D eigenvalue weighted by atomic mass is 10.1. The van der Waals surface area contributed by atoms with Crippen LogP contribution in [-0.4, -0.2) is 32.1 Å². The van der Waals surface area contributed by atoms with Gasteiger partial charge in [-0.1, -0.05) is 0 Å². The van der Waals surface area contributed by atoms with E-state index in [9.17, 15) is 26.7 Å². The Morgan fingerprint density at radius 2 is 1.92 bits per heavy atom. The highest BCUT2D eigenvalue weighted by molar-refractivity contribution is 5.76. The summed E-state index contributed by atoms with van der Waals surface area (Å²) in [5, 5.41) is 6.67. The van der Waals surface area contributed by atoms with Gasteiger partial charge in [-0.15, -0.1) is 10.2 Å². The Morgan fingerprint density at radius 1 is 1.15 bits per heavy atom. The lowest BCUT2D eigenvalue weighted by Crippen LogP contribution is -2.39. The maximum atomic E-state index is 13.5. The number of amides is 1. The van der Waals surface area contributed by atoms with Crippen LogP contribution >= 0.6 is 0 Å². The molecule has 1 aromatic heterocycles. The Bertz CT molecular complexity index is 817. The van der Waals surface area contributed by atoms with Crippen molar-refractivity contribution in [2.45, 2.75) is 38.5 Å². The van der Waals surface area contributed by atoms with E-state index in [0.717, 1.165) is 22.8 Å². The minimum absolute atomic E-state index is 0.0402. The smallest absolute Gasteiger partial charge is 0.333 e. The van der Waals surface area contributed by atoms with Gasteiger partial charge in [0.1, 0.15) is 11.6 Å². The van der Waals surface area contributed by atoms with E-state index < -0.39 is 23.6 Å². The number of carbonyl (C=O) groups is 1. The van der Waals surface area contributed by atoms with Crippen LogP contribution in [0.3, 0.4) is 0 Å². The van der Waals surface area contributed by atoms with E-state index in [1.54, 1.807) is 0 Å². The third-order valence-corrected chi connectivity index (χ3v) is 4.20. The number of nitrogens with zero attached hydrogens (tertiary/aromatic N) is 4. The van der Waals surface area contributed by atoms with Crippen molar-refractivity contribution in [1.29, 1.82) is 0 Å². The first-order valence-electron chi connectivity index (χ1n) is 7.96. The van der Waals surface area contributed by atoms with Crippen LogP contribution < -0.4 is 0 Å². The van der Waals surface area contributed by atoms with Crippen LogP contribution in [0.25, 0.3) is 0 Å². The van der Waals surface area contributed by atoms with E-state index in [0.29, 0.717) is 6.42 Å². The second kappa shape index (κ2) is 7.00.